The Morgan fingerprint density at radius 2 is 1.83 bits per heavy atom. The topological polar surface area (TPSA) is 38.9 Å². The quantitative estimate of drug-likeness (QED) is 0.890. The lowest BCUT2D eigenvalue weighted by Crippen LogP contribution is -2.28. The van der Waals surface area contributed by atoms with Crippen LogP contribution >= 0.6 is 0 Å². The maximum absolute atomic E-state index is 12.5. The van der Waals surface area contributed by atoms with Gasteiger partial charge in [-0.3, -0.25) is 4.98 Å². The molecule has 1 heterocycles. The lowest BCUT2D eigenvalue weighted by Gasteiger charge is -2.16. The van der Waals surface area contributed by atoms with Crippen LogP contribution in [-0.4, -0.2) is 11.2 Å². The van der Waals surface area contributed by atoms with Gasteiger partial charge in [0.05, 0.1) is 5.69 Å². The van der Waals surface area contributed by atoms with Gasteiger partial charge in [0.15, 0.2) is 0 Å². The van der Waals surface area contributed by atoms with Crippen LogP contribution in [0.3, 0.4) is 0 Å². The van der Waals surface area contributed by atoms with E-state index >= 15 is 0 Å². The summed E-state index contributed by atoms with van der Waals surface area (Å²) in [4.78, 5) is 4.09. The van der Waals surface area contributed by atoms with Gasteiger partial charge in [-0.1, -0.05) is 24.3 Å². The number of alkyl halides is 3. The summed E-state index contributed by atoms with van der Waals surface area (Å²) in [5.41, 5.74) is 6.44. The van der Waals surface area contributed by atoms with Gasteiger partial charge in [-0.25, -0.2) is 0 Å². The van der Waals surface area contributed by atoms with Gasteiger partial charge in [0.1, 0.15) is 6.04 Å². The Morgan fingerprint density at radius 1 is 1.06 bits per heavy atom. The van der Waals surface area contributed by atoms with Gasteiger partial charge >= 0.3 is 6.18 Å². The van der Waals surface area contributed by atoms with Gasteiger partial charge in [0.2, 0.25) is 0 Å². The molecule has 0 saturated heterocycles. The minimum atomic E-state index is -4.44. The van der Waals surface area contributed by atoms with Crippen molar-refractivity contribution in [3.8, 4) is 11.3 Å². The average Bonchev–Trinajstić information content (AvgIpc) is 2.38. The number of aromatic nitrogens is 1. The van der Waals surface area contributed by atoms with Gasteiger partial charge in [-0.15, -0.1) is 0 Å². The zero-order chi connectivity index (χ0) is 13.2. The molecular formula is C13H11F3N2. The smallest absolute Gasteiger partial charge is 0.316 e. The van der Waals surface area contributed by atoms with E-state index in [9.17, 15) is 13.2 Å². The maximum atomic E-state index is 12.5. The van der Waals surface area contributed by atoms with Crippen molar-refractivity contribution in [2.24, 2.45) is 5.73 Å². The van der Waals surface area contributed by atoms with E-state index in [1.165, 1.54) is 12.1 Å². The fraction of sp³-hybridized carbons (Fsp3) is 0.154. The van der Waals surface area contributed by atoms with E-state index in [1.54, 1.807) is 36.5 Å². The molecule has 94 valence electrons. The highest BCUT2D eigenvalue weighted by Crippen LogP contribution is 2.31. The molecule has 0 radical (unpaired) electrons. The number of pyridine rings is 1. The molecule has 2 nitrogen and oxygen atoms in total. The highest BCUT2D eigenvalue weighted by atomic mass is 19.4. The zero-order valence-electron chi connectivity index (χ0n) is 9.35. The van der Waals surface area contributed by atoms with E-state index in [0.717, 1.165) is 0 Å². The predicted molar refractivity (Wildman–Crippen MR) is 62.7 cm³/mol. The van der Waals surface area contributed by atoms with Crippen molar-refractivity contribution < 1.29 is 13.2 Å². The predicted octanol–water partition coefficient (Wildman–Crippen LogP) is 3.31. The summed E-state index contributed by atoms with van der Waals surface area (Å²) in [6.45, 7) is 0. The molecule has 0 aliphatic carbocycles. The number of rotatable bonds is 2. The van der Waals surface area contributed by atoms with Crippen LogP contribution in [-0.2, 0) is 0 Å². The molecule has 0 aliphatic heterocycles. The Morgan fingerprint density at radius 3 is 2.44 bits per heavy atom. The summed E-state index contributed by atoms with van der Waals surface area (Å²) < 4.78 is 37.6. The first-order chi connectivity index (χ1) is 8.48. The standard InChI is InChI=1S/C13H11F3N2/c14-13(15,16)12(17)10-5-3-4-9(8-10)11-6-1-2-7-18-11/h1-8,12H,17H2/t12-/m1/s1. The van der Waals surface area contributed by atoms with Crippen molar-refractivity contribution in [1.29, 1.82) is 0 Å². The van der Waals surface area contributed by atoms with E-state index in [0.29, 0.717) is 11.3 Å². The first-order valence-corrected chi connectivity index (χ1v) is 5.32. The Bertz CT molecular complexity index is 523. The number of hydrogen-bond acceptors (Lipinski definition) is 2. The Kier molecular flexibility index (Phi) is 3.34. The van der Waals surface area contributed by atoms with E-state index < -0.39 is 12.2 Å². The Hall–Kier alpha value is -1.88. The second-order valence-electron chi connectivity index (χ2n) is 3.86. The summed E-state index contributed by atoms with van der Waals surface area (Å²) in [5, 5.41) is 0. The monoisotopic (exact) mass is 252 g/mol. The number of hydrogen-bond donors (Lipinski definition) is 1. The van der Waals surface area contributed by atoms with Crippen LogP contribution in [0.25, 0.3) is 11.3 Å². The van der Waals surface area contributed by atoms with Gasteiger partial charge in [-0.2, -0.15) is 13.2 Å². The zero-order valence-corrected chi connectivity index (χ0v) is 9.35. The SMILES string of the molecule is N[C@H](c1cccc(-c2ccccn2)c1)C(F)(F)F. The van der Waals surface area contributed by atoms with Crippen LogP contribution in [0.15, 0.2) is 48.7 Å². The van der Waals surface area contributed by atoms with Crippen molar-refractivity contribution >= 4 is 0 Å². The van der Waals surface area contributed by atoms with Crippen molar-refractivity contribution in [1.82, 2.24) is 4.98 Å². The molecule has 0 aliphatic rings. The molecule has 2 rings (SSSR count). The van der Waals surface area contributed by atoms with Crippen molar-refractivity contribution in [2.75, 3.05) is 0 Å². The van der Waals surface area contributed by atoms with Crippen molar-refractivity contribution in [3.05, 3.63) is 54.2 Å². The van der Waals surface area contributed by atoms with Gasteiger partial charge < -0.3 is 5.73 Å². The number of halogens is 3. The molecule has 0 fully saturated rings. The fourth-order valence-electron chi connectivity index (χ4n) is 1.61. The lowest BCUT2D eigenvalue weighted by molar-refractivity contribution is -0.149. The Balaban J connectivity index is 2.37. The highest BCUT2D eigenvalue weighted by molar-refractivity contribution is 5.59. The number of nitrogens with two attached hydrogens (primary N) is 1. The van der Waals surface area contributed by atoms with Crippen molar-refractivity contribution in [3.63, 3.8) is 0 Å². The highest BCUT2D eigenvalue weighted by Gasteiger charge is 2.37. The summed E-state index contributed by atoms with van der Waals surface area (Å²) in [5.74, 6) is 0. The van der Waals surface area contributed by atoms with Crippen LogP contribution in [0.5, 0.6) is 0 Å². The molecule has 5 heteroatoms. The molecule has 18 heavy (non-hydrogen) atoms. The van der Waals surface area contributed by atoms with Gasteiger partial charge in [0.25, 0.3) is 0 Å². The maximum Gasteiger partial charge on any atom is 0.407 e. The summed E-state index contributed by atoms with van der Waals surface area (Å²) in [7, 11) is 0. The largest absolute Gasteiger partial charge is 0.407 e. The fourth-order valence-corrected chi connectivity index (χ4v) is 1.61. The molecule has 0 amide bonds. The third-order valence-electron chi connectivity index (χ3n) is 2.56. The summed E-state index contributed by atoms with van der Waals surface area (Å²) >= 11 is 0. The van der Waals surface area contributed by atoms with Crippen LogP contribution in [0.1, 0.15) is 11.6 Å². The normalized spacial score (nSPS) is 13.3. The number of benzene rings is 1. The van der Waals surface area contributed by atoms with Crippen LogP contribution in [0.4, 0.5) is 13.2 Å². The molecule has 2 N–H and O–H groups in total. The van der Waals surface area contributed by atoms with Crippen LogP contribution < -0.4 is 5.73 Å². The molecule has 2 aromatic rings. The molecule has 1 aromatic carbocycles. The molecule has 1 aromatic heterocycles. The van der Waals surface area contributed by atoms with E-state index in [2.05, 4.69) is 4.98 Å². The van der Waals surface area contributed by atoms with Gasteiger partial charge in [0, 0.05) is 11.8 Å². The minimum Gasteiger partial charge on any atom is -0.316 e. The van der Waals surface area contributed by atoms with Crippen LogP contribution in [0, 0.1) is 0 Å². The van der Waals surface area contributed by atoms with E-state index in [-0.39, 0.29) is 5.56 Å². The molecular weight excluding hydrogens is 241 g/mol. The van der Waals surface area contributed by atoms with E-state index in [1.807, 2.05) is 0 Å². The van der Waals surface area contributed by atoms with Crippen molar-refractivity contribution in [2.45, 2.75) is 12.2 Å². The third-order valence-corrected chi connectivity index (χ3v) is 2.56. The third kappa shape index (κ3) is 2.68. The molecule has 0 spiro atoms. The second kappa shape index (κ2) is 4.78. The summed E-state index contributed by atoms with van der Waals surface area (Å²) in [6, 6.07) is 9.32. The lowest BCUT2D eigenvalue weighted by atomic mass is 10.0. The minimum absolute atomic E-state index is 0.0330. The van der Waals surface area contributed by atoms with Crippen LogP contribution in [0.2, 0.25) is 0 Å². The Labute approximate surface area is 102 Å². The summed E-state index contributed by atoms with van der Waals surface area (Å²) in [6.07, 6.45) is -2.85. The molecule has 0 unspecified atom stereocenters. The average molecular weight is 252 g/mol. The first-order valence-electron chi connectivity index (χ1n) is 5.32. The molecule has 0 saturated carbocycles. The second-order valence-corrected chi connectivity index (χ2v) is 3.86. The first kappa shape index (κ1) is 12.6. The van der Waals surface area contributed by atoms with E-state index in [4.69, 9.17) is 5.73 Å². The number of nitrogens with zero attached hydrogens (tertiary/aromatic N) is 1. The molecule has 0 bridgehead atoms. The molecule has 1 atom stereocenters. The van der Waals surface area contributed by atoms with Gasteiger partial charge in [-0.05, 0) is 23.8 Å².